The molecular weight excluding hydrogens is 220 g/mol. The van der Waals surface area contributed by atoms with Crippen molar-refractivity contribution in [3.63, 3.8) is 0 Å². The number of rotatable bonds is 2. The predicted octanol–water partition coefficient (Wildman–Crippen LogP) is 2.04. The predicted molar refractivity (Wildman–Crippen MR) is 70.1 cm³/mol. The van der Waals surface area contributed by atoms with Crippen LogP contribution in [0.25, 0.3) is 0 Å². The second kappa shape index (κ2) is 17.0. The Morgan fingerprint density at radius 1 is 1.24 bits per heavy atom. The van der Waals surface area contributed by atoms with E-state index < -0.39 is 5.97 Å². The Labute approximate surface area is 103 Å². The van der Waals surface area contributed by atoms with Crippen LogP contribution in [0.1, 0.15) is 32.3 Å². The number of unbranched alkanes of at least 4 members (excludes halogenated alkanes) is 1. The van der Waals surface area contributed by atoms with Crippen LogP contribution in [0.5, 0.6) is 0 Å². The average Bonchev–Trinajstić information content (AvgIpc) is 2.20. The minimum atomic E-state index is -0.833. The lowest BCUT2D eigenvalue weighted by molar-refractivity contribution is -0.134. The lowest BCUT2D eigenvalue weighted by Gasteiger charge is -1.82. The van der Waals surface area contributed by atoms with Crippen molar-refractivity contribution in [2.24, 2.45) is 0 Å². The minimum Gasteiger partial charge on any atom is -0.481 e. The Morgan fingerprint density at radius 3 is 1.76 bits per heavy atom. The number of benzene rings is 1. The van der Waals surface area contributed by atoms with E-state index in [-0.39, 0.29) is 5.48 Å². The third-order valence-corrected chi connectivity index (χ3v) is 1.45. The van der Waals surface area contributed by atoms with E-state index in [4.69, 9.17) is 15.0 Å². The van der Waals surface area contributed by atoms with Crippen LogP contribution in [0.2, 0.25) is 0 Å². The van der Waals surface area contributed by atoms with E-state index in [1.807, 2.05) is 18.2 Å². The number of aliphatic hydroxyl groups is 1. The second-order valence-corrected chi connectivity index (χ2v) is 3.25. The molecule has 4 heteroatoms. The lowest BCUT2D eigenvalue weighted by atomic mass is 10.2. The van der Waals surface area contributed by atoms with Gasteiger partial charge in [0, 0.05) is 13.5 Å². The van der Waals surface area contributed by atoms with Crippen LogP contribution in [0.4, 0.5) is 0 Å². The molecule has 0 aromatic heterocycles. The molecule has 100 valence electrons. The fourth-order valence-electron chi connectivity index (χ4n) is 0.692. The summed E-state index contributed by atoms with van der Waals surface area (Å²) in [7, 11) is 0. The number of hydrogen-bond acceptors (Lipinski definition) is 2. The second-order valence-electron chi connectivity index (χ2n) is 3.25. The molecule has 4 N–H and O–H groups in total. The molecule has 0 aliphatic heterocycles. The topological polar surface area (TPSA) is 89.0 Å². The summed E-state index contributed by atoms with van der Waals surface area (Å²) in [5.74, 6) is -0.833. The number of aliphatic carboxylic acids is 1. The van der Waals surface area contributed by atoms with Crippen LogP contribution in [0.3, 0.4) is 0 Å². The lowest BCUT2D eigenvalue weighted by Crippen LogP contribution is -1.78. The van der Waals surface area contributed by atoms with Gasteiger partial charge in [-0.2, -0.15) is 0 Å². The van der Waals surface area contributed by atoms with Gasteiger partial charge in [-0.05, 0) is 13.3 Å². The van der Waals surface area contributed by atoms with E-state index in [9.17, 15) is 0 Å². The Bertz CT molecular complexity index is 241. The van der Waals surface area contributed by atoms with Gasteiger partial charge in [0.05, 0.1) is 0 Å². The molecule has 0 saturated carbocycles. The first-order chi connectivity index (χ1) is 7.54. The van der Waals surface area contributed by atoms with Crippen molar-refractivity contribution in [3.8, 4) is 0 Å². The minimum absolute atomic E-state index is 0. The van der Waals surface area contributed by atoms with Crippen LogP contribution < -0.4 is 0 Å². The van der Waals surface area contributed by atoms with Crippen molar-refractivity contribution >= 4 is 5.97 Å². The molecule has 0 spiro atoms. The number of hydrogen-bond donors (Lipinski definition) is 2. The maximum atomic E-state index is 9.00. The Hall–Kier alpha value is -1.39. The molecule has 1 aromatic rings. The van der Waals surface area contributed by atoms with E-state index in [0.29, 0.717) is 6.61 Å². The molecule has 0 heterocycles. The highest BCUT2D eigenvalue weighted by Crippen LogP contribution is 1.92. The average molecular weight is 244 g/mol. The van der Waals surface area contributed by atoms with Gasteiger partial charge in [0.25, 0.3) is 5.97 Å². The maximum absolute atomic E-state index is 9.00. The van der Waals surface area contributed by atoms with Crippen LogP contribution >= 0.6 is 0 Å². The Kier molecular flexibility index (Phi) is 21.0. The van der Waals surface area contributed by atoms with Gasteiger partial charge in [-0.25, -0.2) is 0 Å². The summed E-state index contributed by atoms with van der Waals surface area (Å²) in [4.78, 5) is 9.00. The molecule has 0 unspecified atom stereocenters. The van der Waals surface area contributed by atoms with Crippen LogP contribution in [0.15, 0.2) is 30.3 Å². The standard InChI is InChI=1S/C7H8.C4H10O.C2H4O2.H2O/c1-7-5-3-2-4-6-7;1-2-3-4-5;1-2(3)4;/h2-6H,1H3;5H,2-4H2,1H3;1H3,(H,3,4);1H2. The van der Waals surface area contributed by atoms with Gasteiger partial charge >= 0.3 is 0 Å². The molecule has 1 rings (SSSR count). The van der Waals surface area contributed by atoms with Gasteiger partial charge in [0.15, 0.2) is 0 Å². The third kappa shape index (κ3) is 31.3. The summed E-state index contributed by atoms with van der Waals surface area (Å²) in [5, 5.41) is 15.5. The summed E-state index contributed by atoms with van der Waals surface area (Å²) in [6.07, 6.45) is 2.04. The summed E-state index contributed by atoms with van der Waals surface area (Å²) >= 11 is 0. The molecule has 0 fully saturated rings. The van der Waals surface area contributed by atoms with E-state index in [0.717, 1.165) is 19.8 Å². The smallest absolute Gasteiger partial charge is 0.300 e. The molecule has 0 aliphatic rings. The summed E-state index contributed by atoms with van der Waals surface area (Å²) in [6, 6.07) is 10.3. The van der Waals surface area contributed by atoms with Gasteiger partial charge in [-0.1, -0.05) is 49.2 Å². The fraction of sp³-hybridized carbons (Fsp3) is 0.462. The van der Waals surface area contributed by atoms with Crippen LogP contribution in [-0.2, 0) is 4.79 Å². The van der Waals surface area contributed by atoms with E-state index in [1.54, 1.807) is 0 Å². The van der Waals surface area contributed by atoms with Gasteiger partial charge < -0.3 is 15.7 Å². The third-order valence-electron chi connectivity index (χ3n) is 1.45. The van der Waals surface area contributed by atoms with Crippen molar-refractivity contribution in [2.45, 2.75) is 33.6 Å². The van der Waals surface area contributed by atoms with Gasteiger partial charge in [0.1, 0.15) is 0 Å². The van der Waals surface area contributed by atoms with Gasteiger partial charge in [-0.15, -0.1) is 0 Å². The molecule has 0 saturated heterocycles. The fourth-order valence-corrected chi connectivity index (χ4v) is 0.692. The van der Waals surface area contributed by atoms with Crippen LogP contribution in [0, 0.1) is 6.92 Å². The van der Waals surface area contributed by atoms with Crippen molar-refractivity contribution in [2.75, 3.05) is 6.61 Å². The van der Waals surface area contributed by atoms with Crippen molar-refractivity contribution in [3.05, 3.63) is 35.9 Å². The van der Waals surface area contributed by atoms with Crippen LogP contribution in [-0.4, -0.2) is 28.3 Å². The highest BCUT2D eigenvalue weighted by Gasteiger charge is 1.72. The van der Waals surface area contributed by atoms with Gasteiger partial charge in [-0.3, -0.25) is 4.79 Å². The number of carboxylic acids is 1. The van der Waals surface area contributed by atoms with Crippen molar-refractivity contribution in [1.82, 2.24) is 0 Å². The summed E-state index contributed by atoms with van der Waals surface area (Å²) in [5.41, 5.74) is 1.32. The number of carboxylic acid groups (broad SMARTS) is 1. The van der Waals surface area contributed by atoms with Crippen molar-refractivity contribution in [1.29, 1.82) is 0 Å². The molecule has 0 aliphatic carbocycles. The largest absolute Gasteiger partial charge is 0.481 e. The molecule has 4 nitrogen and oxygen atoms in total. The molecule has 0 radical (unpaired) electrons. The normalized spacial score (nSPS) is 7.53. The zero-order valence-corrected chi connectivity index (χ0v) is 10.8. The molecule has 17 heavy (non-hydrogen) atoms. The molecular formula is C13H24O4. The van der Waals surface area contributed by atoms with Gasteiger partial charge in [0.2, 0.25) is 0 Å². The Morgan fingerprint density at radius 2 is 1.65 bits per heavy atom. The van der Waals surface area contributed by atoms with E-state index in [2.05, 4.69) is 26.0 Å². The highest BCUT2D eigenvalue weighted by molar-refractivity contribution is 5.62. The number of carbonyl (C=O) groups is 1. The molecule has 1 aromatic carbocycles. The number of aryl methyl sites for hydroxylation is 1. The molecule has 0 atom stereocenters. The first-order valence-electron chi connectivity index (χ1n) is 5.36. The zero-order valence-electron chi connectivity index (χ0n) is 10.8. The monoisotopic (exact) mass is 244 g/mol. The summed E-state index contributed by atoms with van der Waals surface area (Å²) in [6.45, 7) is 5.56. The van der Waals surface area contributed by atoms with E-state index >= 15 is 0 Å². The number of aliphatic hydroxyl groups excluding tert-OH is 1. The maximum Gasteiger partial charge on any atom is 0.300 e. The first kappa shape index (κ1) is 21.0. The quantitative estimate of drug-likeness (QED) is 0.834. The molecule has 0 amide bonds. The highest BCUT2D eigenvalue weighted by atomic mass is 16.4. The summed E-state index contributed by atoms with van der Waals surface area (Å²) < 4.78 is 0. The molecule has 0 bridgehead atoms. The SMILES string of the molecule is CC(=O)O.CCCCO.Cc1ccccc1.O. The Balaban J connectivity index is -0.000000177. The van der Waals surface area contributed by atoms with Crippen molar-refractivity contribution < 1.29 is 20.5 Å². The van der Waals surface area contributed by atoms with E-state index in [1.165, 1.54) is 5.56 Å². The first-order valence-corrected chi connectivity index (χ1v) is 5.36. The zero-order chi connectivity index (χ0) is 12.8.